The Bertz CT molecular complexity index is 1720. The molecule has 0 radical (unpaired) electrons. The van der Waals surface area contributed by atoms with Crippen LogP contribution in [0.5, 0.6) is 5.75 Å². The molecule has 0 spiro atoms. The lowest BCUT2D eigenvalue weighted by Crippen LogP contribution is -2.31. The second-order valence-electron chi connectivity index (χ2n) is 10.8. The summed E-state index contributed by atoms with van der Waals surface area (Å²) in [7, 11) is 1.66. The summed E-state index contributed by atoms with van der Waals surface area (Å²) in [5, 5.41) is 3.34. The average Bonchev–Trinajstić information content (AvgIpc) is 3.52. The summed E-state index contributed by atoms with van der Waals surface area (Å²) < 4.78 is 5.30. The van der Waals surface area contributed by atoms with Crippen LogP contribution < -0.4 is 10.1 Å². The van der Waals surface area contributed by atoms with Gasteiger partial charge in [-0.2, -0.15) is 0 Å². The lowest BCUT2D eigenvalue weighted by atomic mass is 9.90. The second kappa shape index (κ2) is 13.6. The van der Waals surface area contributed by atoms with E-state index >= 15 is 0 Å². The summed E-state index contributed by atoms with van der Waals surface area (Å²) in [4.78, 5) is 32.2. The molecule has 0 fully saturated rings. The Labute approximate surface area is 266 Å². The van der Waals surface area contributed by atoms with Crippen molar-refractivity contribution >= 4 is 29.1 Å². The molecule has 224 valence electrons. The molecular weight excluding hydrogens is 595 g/mol. The van der Waals surface area contributed by atoms with E-state index < -0.39 is 0 Å². The van der Waals surface area contributed by atoms with E-state index in [1.54, 1.807) is 7.11 Å². The summed E-state index contributed by atoms with van der Waals surface area (Å²) >= 11 is 12.3. The molecule has 1 aliphatic rings. The van der Waals surface area contributed by atoms with Crippen LogP contribution in [0, 0.1) is 0 Å². The number of hydrogen-bond donors (Lipinski definition) is 2. The molecule has 2 aromatic carbocycles. The Balaban J connectivity index is 1.19. The van der Waals surface area contributed by atoms with E-state index in [-0.39, 0.29) is 27.6 Å². The number of nitrogens with zero attached hydrogens (tertiary/aromatic N) is 4. The van der Waals surface area contributed by atoms with Gasteiger partial charge in [0.2, 0.25) is 0 Å². The van der Waals surface area contributed by atoms with Crippen LogP contribution >= 0.6 is 23.2 Å². The van der Waals surface area contributed by atoms with Crippen LogP contribution in [0.3, 0.4) is 0 Å². The molecule has 5 aromatic rings. The quantitative estimate of drug-likeness (QED) is 0.170. The van der Waals surface area contributed by atoms with E-state index in [0.717, 1.165) is 58.9 Å². The maximum absolute atomic E-state index is 12.7. The number of aryl methyl sites for hydroxylation is 1. The predicted molar refractivity (Wildman–Crippen MR) is 172 cm³/mol. The number of amides is 1. The minimum Gasteiger partial charge on any atom is -0.497 e. The van der Waals surface area contributed by atoms with Gasteiger partial charge in [-0.25, -0.2) is 4.98 Å². The molecule has 8 nitrogen and oxygen atoms in total. The second-order valence-corrected chi connectivity index (χ2v) is 11.6. The number of nitrogens with one attached hydrogen (secondary N) is 2. The van der Waals surface area contributed by atoms with E-state index in [9.17, 15) is 4.79 Å². The molecule has 0 saturated carbocycles. The van der Waals surface area contributed by atoms with Gasteiger partial charge in [0.25, 0.3) is 5.91 Å². The van der Waals surface area contributed by atoms with Gasteiger partial charge in [0.15, 0.2) is 0 Å². The molecule has 0 saturated heterocycles. The largest absolute Gasteiger partial charge is 0.497 e. The number of ether oxygens (including phenoxy) is 1. The first-order valence-corrected chi connectivity index (χ1v) is 15.3. The number of pyridine rings is 2. The fraction of sp³-hybridized carbons (Fsp3) is 0.235. The van der Waals surface area contributed by atoms with Crippen molar-refractivity contribution in [2.75, 3.05) is 7.11 Å². The monoisotopic (exact) mass is 626 g/mol. The standard InChI is InChI=1S/C34H32Cl2N6O2/c1-44-26-13-11-24(12-14-26)29-19-39-31(41-29)21-42(30-6-2-4-25-5-3-15-38-33(25)30)20-23-9-7-22(8-10-23)16-40-34(43)32-27(35)17-37-18-28(32)36/h3,5,7-15,17-19,30H,2,4,6,16,20-21H2,1H3,(H,39,41)(H,40,43). The molecule has 6 rings (SSSR count). The number of hydrogen-bond acceptors (Lipinski definition) is 6. The molecule has 1 unspecified atom stereocenters. The molecule has 1 amide bonds. The van der Waals surface area contributed by atoms with Crippen molar-refractivity contribution in [1.29, 1.82) is 0 Å². The van der Waals surface area contributed by atoms with Crippen LogP contribution in [0.1, 0.15) is 57.5 Å². The van der Waals surface area contributed by atoms with Gasteiger partial charge in [-0.1, -0.05) is 53.5 Å². The van der Waals surface area contributed by atoms with Crippen molar-refractivity contribution in [1.82, 2.24) is 30.2 Å². The first-order chi connectivity index (χ1) is 21.5. The summed E-state index contributed by atoms with van der Waals surface area (Å²) in [6.45, 7) is 1.70. The first-order valence-electron chi connectivity index (χ1n) is 14.5. The maximum atomic E-state index is 12.7. The van der Waals surface area contributed by atoms with Gasteiger partial charge in [0.1, 0.15) is 11.6 Å². The normalized spacial score (nSPS) is 14.3. The van der Waals surface area contributed by atoms with Gasteiger partial charge < -0.3 is 15.0 Å². The molecule has 2 N–H and O–H groups in total. The third-order valence-electron chi connectivity index (χ3n) is 7.92. The van der Waals surface area contributed by atoms with E-state index in [1.807, 2.05) is 54.9 Å². The molecule has 3 aromatic heterocycles. The molecule has 1 atom stereocenters. The minimum atomic E-state index is -0.339. The highest BCUT2D eigenvalue weighted by atomic mass is 35.5. The number of halogens is 2. The zero-order valence-corrected chi connectivity index (χ0v) is 25.8. The number of aromatic amines is 1. The maximum Gasteiger partial charge on any atom is 0.254 e. The fourth-order valence-corrected chi connectivity index (χ4v) is 6.19. The highest BCUT2D eigenvalue weighted by Crippen LogP contribution is 2.35. The van der Waals surface area contributed by atoms with Crippen molar-refractivity contribution in [2.24, 2.45) is 0 Å². The Kier molecular flexibility index (Phi) is 9.21. The lowest BCUT2D eigenvalue weighted by molar-refractivity contribution is 0.0951. The van der Waals surface area contributed by atoms with Crippen molar-refractivity contribution in [2.45, 2.75) is 44.9 Å². The summed E-state index contributed by atoms with van der Waals surface area (Å²) in [6.07, 6.45) is 9.85. The number of benzene rings is 2. The Morgan fingerprint density at radius 3 is 2.52 bits per heavy atom. The van der Waals surface area contributed by atoms with Gasteiger partial charge in [0, 0.05) is 43.4 Å². The van der Waals surface area contributed by atoms with Crippen molar-refractivity contribution in [3.05, 3.63) is 129 Å². The highest BCUT2D eigenvalue weighted by Gasteiger charge is 2.28. The van der Waals surface area contributed by atoms with Crippen LogP contribution in [0.4, 0.5) is 0 Å². The van der Waals surface area contributed by atoms with Crippen LogP contribution in [0.2, 0.25) is 10.0 Å². The molecule has 1 aliphatic carbocycles. The highest BCUT2D eigenvalue weighted by molar-refractivity contribution is 6.39. The van der Waals surface area contributed by atoms with Gasteiger partial charge in [-0.3, -0.25) is 19.7 Å². The lowest BCUT2D eigenvalue weighted by Gasteiger charge is -2.34. The number of fused-ring (bicyclic) bond motifs is 1. The molecule has 3 heterocycles. The summed E-state index contributed by atoms with van der Waals surface area (Å²) in [5.74, 6) is 1.37. The fourth-order valence-electron chi connectivity index (χ4n) is 5.66. The number of carbonyl (C=O) groups is 1. The zero-order chi connectivity index (χ0) is 30.5. The third-order valence-corrected chi connectivity index (χ3v) is 8.49. The van der Waals surface area contributed by atoms with Crippen LogP contribution in [-0.2, 0) is 26.1 Å². The third kappa shape index (κ3) is 6.78. The first kappa shape index (κ1) is 29.8. The Morgan fingerprint density at radius 2 is 1.77 bits per heavy atom. The number of methoxy groups -OCH3 is 1. The van der Waals surface area contributed by atoms with Crippen molar-refractivity contribution in [3.8, 4) is 17.0 Å². The van der Waals surface area contributed by atoms with E-state index in [2.05, 4.69) is 38.4 Å². The van der Waals surface area contributed by atoms with Gasteiger partial charge in [-0.05, 0) is 66.3 Å². The van der Waals surface area contributed by atoms with Gasteiger partial charge in [-0.15, -0.1) is 0 Å². The molecular formula is C34H32Cl2N6O2. The average molecular weight is 628 g/mol. The van der Waals surface area contributed by atoms with Crippen molar-refractivity contribution in [3.63, 3.8) is 0 Å². The molecule has 10 heteroatoms. The molecule has 44 heavy (non-hydrogen) atoms. The van der Waals surface area contributed by atoms with E-state index in [1.165, 1.54) is 18.0 Å². The smallest absolute Gasteiger partial charge is 0.254 e. The Morgan fingerprint density at radius 1 is 1.02 bits per heavy atom. The van der Waals surface area contributed by atoms with Crippen LogP contribution in [-0.4, -0.2) is 37.9 Å². The zero-order valence-electron chi connectivity index (χ0n) is 24.3. The van der Waals surface area contributed by atoms with Gasteiger partial charge >= 0.3 is 0 Å². The van der Waals surface area contributed by atoms with Crippen LogP contribution in [0.15, 0.2) is 85.5 Å². The number of imidazole rings is 1. The number of carbonyl (C=O) groups excluding carboxylic acids is 1. The summed E-state index contributed by atoms with van der Waals surface area (Å²) in [6, 6.07) is 20.6. The number of H-pyrrole nitrogens is 1. The van der Waals surface area contributed by atoms with E-state index in [0.29, 0.717) is 19.6 Å². The Hall–Kier alpha value is -4.24. The summed E-state index contributed by atoms with van der Waals surface area (Å²) in [5.41, 5.74) is 6.73. The topological polar surface area (TPSA) is 96.0 Å². The molecule has 0 aliphatic heterocycles. The number of rotatable bonds is 10. The van der Waals surface area contributed by atoms with Gasteiger partial charge in [0.05, 0.1) is 46.7 Å². The predicted octanol–water partition coefficient (Wildman–Crippen LogP) is 7.19. The minimum absolute atomic E-state index is 0.170. The van der Waals surface area contributed by atoms with E-state index in [4.69, 9.17) is 37.9 Å². The van der Waals surface area contributed by atoms with Crippen molar-refractivity contribution < 1.29 is 9.53 Å². The SMILES string of the molecule is COc1ccc(-c2c[nH]c(CN(Cc3ccc(CNC(=O)c4c(Cl)cncc4Cl)cc3)C3CCCc4cccnc43)n2)cc1. The number of aromatic nitrogens is 4. The van der Waals surface area contributed by atoms with Crippen LogP contribution in [0.25, 0.3) is 11.3 Å². The molecule has 0 bridgehead atoms.